The van der Waals surface area contributed by atoms with Crippen LogP contribution in [0.25, 0.3) is 0 Å². The van der Waals surface area contributed by atoms with Gasteiger partial charge >= 0.3 is 0 Å². The van der Waals surface area contributed by atoms with Crippen molar-refractivity contribution in [2.75, 3.05) is 33.7 Å². The highest BCUT2D eigenvalue weighted by Gasteiger charge is 2.36. The molecule has 0 heterocycles. The van der Waals surface area contributed by atoms with E-state index in [-0.39, 0.29) is 0 Å². The summed E-state index contributed by atoms with van der Waals surface area (Å²) in [6.45, 7) is 12.8. The minimum atomic E-state index is 0.355. The van der Waals surface area contributed by atoms with Crippen molar-refractivity contribution in [1.29, 1.82) is 0 Å². The van der Waals surface area contributed by atoms with Crippen LogP contribution >= 0.6 is 0 Å². The number of hydrogen-bond donors (Lipinski definition) is 1. The first-order valence-electron chi connectivity index (χ1n) is 7.85. The highest BCUT2D eigenvalue weighted by Crippen LogP contribution is 2.37. The van der Waals surface area contributed by atoms with Crippen molar-refractivity contribution >= 4 is 0 Å². The molecular formula is C16H35N3. The summed E-state index contributed by atoms with van der Waals surface area (Å²) >= 11 is 0. The zero-order valence-electron chi connectivity index (χ0n) is 13.9. The summed E-state index contributed by atoms with van der Waals surface area (Å²) in [5.74, 6) is 0.708. The molecule has 2 atom stereocenters. The van der Waals surface area contributed by atoms with E-state index in [4.69, 9.17) is 5.73 Å². The van der Waals surface area contributed by atoms with Crippen LogP contribution in [0.2, 0.25) is 0 Å². The van der Waals surface area contributed by atoms with E-state index >= 15 is 0 Å². The van der Waals surface area contributed by atoms with E-state index in [9.17, 15) is 0 Å². The summed E-state index contributed by atoms with van der Waals surface area (Å²) in [7, 11) is 4.30. The summed E-state index contributed by atoms with van der Waals surface area (Å²) in [5.41, 5.74) is 6.88. The van der Waals surface area contributed by atoms with Gasteiger partial charge < -0.3 is 10.6 Å². The summed E-state index contributed by atoms with van der Waals surface area (Å²) < 4.78 is 0. The lowest BCUT2D eigenvalue weighted by molar-refractivity contribution is 0.0646. The lowest BCUT2D eigenvalue weighted by Gasteiger charge is -2.45. The third kappa shape index (κ3) is 5.80. The molecule has 2 unspecified atom stereocenters. The molecule has 0 bridgehead atoms. The fourth-order valence-electron chi connectivity index (χ4n) is 3.16. The Hall–Kier alpha value is -0.120. The second-order valence-corrected chi connectivity index (χ2v) is 7.83. The summed E-state index contributed by atoms with van der Waals surface area (Å²) in [4.78, 5) is 4.92. The number of rotatable bonds is 6. The van der Waals surface area contributed by atoms with Gasteiger partial charge in [-0.15, -0.1) is 0 Å². The van der Waals surface area contributed by atoms with Gasteiger partial charge in [0.1, 0.15) is 0 Å². The maximum absolute atomic E-state index is 6.43. The predicted octanol–water partition coefficient (Wildman–Crippen LogP) is 2.41. The summed E-state index contributed by atoms with van der Waals surface area (Å²) in [6, 6.07) is 0.917. The van der Waals surface area contributed by atoms with Crippen molar-refractivity contribution in [3.05, 3.63) is 0 Å². The number of hydrogen-bond acceptors (Lipinski definition) is 3. The van der Waals surface area contributed by atoms with Gasteiger partial charge in [0.15, 0.2) is 0 Å². The van der Waals surface area contributed by atoms with Gasteiger partial charge in [-0.2, -0.15) is 0 Å². The van der Waals surface area contributed by atoms with Gasteiger partial charge in [0, 0.05) is 31.7 Å². The molecule has 0 aromatic carbocycles. The Bertz CT molecular complexity index is 261. The Morgan fingerprint density at radius 1 is 1.21 bits per heavy atom. The van der Waals surface area contributed by atoms with Gasteiger partial charge in [0.25, 0.3) is 0 Å². The average molecular weight is 269 g/mol. The second kappa shape index (κ2) is 7.05. The first-order chi connectivity index (χ1) is 8.71. The van der Waals surface area contributed by atoms with Crippen molar-refractivity contribution in [1.82, 2.24) is 9.80 Å². The molecule has 0 radical (unpaired) electrons. The Morgan fingerprint density at radius 2 is 1.84 bits per heavy atom. The van der Waals surface area contributed by atoms with Crippen molar-refractivity contribution in [2.45, 2.75) is 59.0 Å². The van der Waals surface area contributed by atoms with Crippen LogP contribution < -0.4 is 5.73 Å². The molecule has 1 fully saturated rings. The predicted molar refractivity (Wildman–Crippen MR) is 84.4 cm³/mol. The summed E-state index contributed by atoms with van der Waals surface area (Å²) in [5, 5.41) is 0. The molecule has 0 aromatic heterocycles. The van der Waals surface area contributed by atoms with Crippen molar-refractivity contribution in [3.8, 4) is 0 Å². The van der Waals surface area contributed by atoms with E-state index in [0.29, 0.717) is 23.4 Å². The van der Waals surface area contributed by atoms with Crippen molar-refractivity contribution in [2.24, 2.45) is 17.1 Å². The Labute approximate surface area is 120 Å². The minimum Gasteiger partial charge on any atom is -0.326 e. The minimum absolute atomic E-state index is 0.355. The largest absolute Gasteiger partial charge is 0.326 e. The van der Waals surface area contributed by atoms with Crippen LogP contribution in [0.5, 0.6) is 0 Å². The second-order valence-electron chi connectivity index (χ2n) is 7.83. The third-order valence-electron chi connectivity index (χ3n) is 4.31. The van der Waals surface area contributed by atoms with Crippen LogP contribution in [-0.2, 0) is 0 Å². The van der Waals surface area contributed by atoms with Crippen LogP contribution in [0, 0.1) is 11.3 Å². The normalized spacial score (nSPS) is 27.5. The summed E-state index contributed by atoms with van der Waals surface area (Å²) in [6.07, 6.45) is 3.69. The van der Waals surface area contributed by atoms with Crippen LogP contribution in [0.3, 0.4) is 0 Å². The zero-order valence-corrected chi connectivity index (χ0v) is 13.9. The standard InChI is InChI=1S/C16H35N3/c1-13(2)12-19(10-9-18(5)6)15-11-16(3,4)8-7-14(15)17/h13-15H,7-12,17H2,1-6H3. The monoisotopic (exact) mass is 269 g/mol. The first kappa shape index (κ1) is 16.9. The average Bonchev–Trinajstić information content (AvgIpc) is 2.27. The van der Waals surface area contributed by atoms with Gasteiger partial charge in [-0.1, -0.05) is 27.7 Å². The molecule has 0 aliphatic heterocycles. The SMILES string of the molecule is CC(C)CN(CCN(C)C)C1CC(C)(C)CCC1N. The Morgan fingerprint density at radius 3 is 2.37 bits per heavy atom. The maximum Gasteiger partial charge on any atom is 0.0252 e. The van der Waals surface area contributed by atoms with Gasteiger partial charge in [0.05, 0.1) is 0 Å². The molecule has 0 saturated heterocycles. The molecule has 3 heteroatoms. The van der Waals surface area contributed by atoms with E-state index < -0.39 is 0 Å². The van der Waals surface area contributed by atoms with Gasteiger partial charge in [-0.05, 0) is 44.7 Å². The van der Waals surface area contributed by atoms with Crippen molar-refractivity contribution < 1.29 is 0 Å². The highest BCUT2D eigenvalue weighted by molar-refractivity contribution is 4.93. The lowest BCUT2D eigenvalue weighted by atomic mass is 9.72. The fourth-order valence-corrected chi connectivity index (χ4v) is 3.16. The molecule has 3 nitrogen and oxygen atoms in total. The quantitative estimate of drug-likeness (QED) is 0.804. The van der Waals surface area contributed by atoms with Crippen LogP contribution in [0.1, 0.15) is 47.0 Å². The van der Waals surface area contributed by atoms with E-state index in [1.165, 1.54) is 25.8 Å². The molecule has 0 amide bonds. The van der Waals surface area contributed by atoms with E-state index in [2.05, 4.69) is 51.6 Å². The molecule has 19 heavy (non-hydrogen) atoms. The molecule has 0 aromatic rings. The molecule has 1 aliphatic carbocycles. The number of nitrogens with two attached hydrogens (primary N) is 1. The number of likely N-dealkylation sites (N-methyl/N-ethyl adjacent to an activating group) is 1. The molecular weight excluding hydrogens is 234 g/mol. The van der Waals surface area contributed by atoms with Crippen LogP contribution in [0.4, 0.5) is 0 Å². The highest BCUT2D eigenvalue weighted by atomic mass is 15.2. The smallest absolute Gasteiger partial charge is 0.0252 e. The van der Waals surface area contributed by atoms with E-state index in [1.54, 1.807) is 0 Å². The molecule has 2 N–H and O–H groups in total. The molecule has 1 rings (SSSR count). The van der Waals surface area contributed by atoms with Gasteiger partial charge in [-0.25, -0.2) is 0 Å². The topological polar surface area (TPSA) is 32.5 Å². The number of nitrogens with zero attached hydrogens (tertiary/aromatic N) is 2. The van der Waals surface area contributed by atoms with E-state index in [1.807, 2.05) is 0 Å². The van der Waals surface area contributed by atoms with Crippen molar-refractivity contribution in [3.63, 3.8) is 0 Å². The van der Waals surface area contributed by atoms with Gasteiger partial charge in [-0.3, -0.25) is 4.90 Å². The lowest BCUT2D eigenvalue weighted by Crippen LogP contribution is -2.55. The molecule has 0 spiro atoms. The third-order valence-corrected chi connectivity index (χ3v) is 4.31. The maximum atomic E-state index is 6.43. The van der Waals surface area contributed by atoms with E-state index in [0.717, 1.165) is 13.1 Å². The molecule has 1 aliphatic rings. The molecule has 114 valence electrons. The fraction of sp³-hybridized carbons (Fsp3) is 1.00. The van der Waals surface area contributed by atoms with Crippen LogP contribution in [-0.4, -0.2) is 55.6 Å². The zero-order chi connectivity index (χ0) is 14.6. The van der Waals surface area contributed by atoms with Crippen LogP contribution in [0.15, 0.2) is 0 Å². The Balaban J connectivity index is 2.70. The Kier molecular flexibility index (Phi) is 6.28. The first-order valence-corrected chi connectivity index (χ1v) is 7.85. The molecule has 1 saturated carbocycles. The van der Waals surface area contributed by atoms with Gasteiger partial charge in [0.2, 0.25) is 0 Å².